The molecular weight excluding hydrogens is 471 g/mol. The number of rotatable bonds is 7. The predicted molar refractivity (Wildman–Crippen MR) is 127 cm³/mol. The third kappa shape index (κ3) is 4.23. The number of aromatic nitrogens is 6. The van der Waals surface area contributed by atoms with E-state index in [2.05, 4.69) is 31.1 Å². The number of aromatic amines is 1. The Bertz CT molecular complexity index is 1520. The van der Waals surface area contributed by atoms with Gasteiger partial charge in [0.15, 0.2) is 26.5 Å². The highest BCUT2D eigenvalue weighted by Crippen LogP contribution is 2.34. The zero-order valence-electron chi connectivity index (χ0n) is 19.0. The first-order chi connectivity index (χ1) is 16.9. The van der Waals surface area contributed by atoms with Crippen LogP contribution in [-0.2, 0) is 9.84 Å². The van der Waals surface area contributed by atoms with Crippen molar-refractivity contribution < 1.29 is 12.8 Å². The topological polar surface area (TPSA) is 133 Å². The van der Waals surface area contributed by atoms with E-state index in [9.17, 15) is 18.1 Å². The van der Waals surface area contributed by atoms with Crippen LogP contribution < -0.4 is 4.90 Å². The molecule has 0 bridgehead atoms. The zero-order chi connectivity index (χ0) is 24.6. The smallest absolute Gasteiger partial charge is 0.195 e. The van der Waals surface area contributed by atoms with Crippen molar-refractivity contribution in [1.82, 2.24) is 29.7 Å². The maximum atomic E-state index is 14.6. The summed E-state index contributed by atoms with van der Waals surface area (Å²) in [5, 5.41) is 14.8. The van der Waals surface area contributed by atoms with E-state index in [4.69, 9.17) is 0 Å². The molecule has 2 atom stereocenters. The fourth-order valence-electron chi connectivity index (χ4n) is 4.56. The molecule has 2 unspecified atom stereocenters. The van der Waals surface area contributed by atoms with Gasteiger partial charge in [0.25, 0.3) is 0 Å². The highest BCUT2D eigenvalue weighted by Gasteiger charge is 2.33. The minimum absolute atomic E-state index is 0.00675. The third-order valence-corrected chi connectivity index (χ3v) is 8.06. The molecule has 4 aromatic heterocycles. The zero-order valence-corrected chi connectivity index (χ0v) is 19.8. The molecular formula is C23H23FN8O2S. The number of pyridine rings is 1. The lowest BCUT2D eigenvalue weighted by Gasteiger charge is -2.23. The molecule has 0 spiro atoms. The molecule has 10 nitrogen and oxygen atoms in total. The van der Waals surface area contributed by atoms with Gasteiger partial charge in [0.05, 0.1) is 36.2 Å². The van der Waals surface area contributed by atoms with E-state index < -0.39 is 15.7 Å². The van der Waals surface area contributed by atoms with Gasteiger partial charge in [0.2, 0.25) is 0 Å². The summed E-state index contributed by atoms with van der Waals surface area (Å²) in [7, 11) is -3.56. The highest BCUT2D eigenvalue weighted by atomic mass is 32.2. The molecule has 1 N–H and O–H groups in total. The summed E-state index contributed by atoms with van der Waals surface area (Å²) >= 11 is 0. The Morgan fingerprint density at radius 2 is 2.17 bits per heavy atom. The van der Waals surface area contributed by atoms with Gasteiger partial charge in [-0.05, 0) is 24.6 Å². The molecule has 0 aromatic carbocycles. The predicted octanol–water partition coefficient (Wildman–Crippen LogP) is 3.13. The summed E-state index contributed by atoms with van der Waals surface area (Å²) in [6.07, 6.45) is 7.78. The maximum absolute atomic E-state index is 14.6. The molecule has 0 amide bonds. The van der Waals surface area contributed by atoms with Crippen molar-refractivity contribution in [2.45, 2.75) is 30.8 Å². The minimum Gasteiger partial charge on any atom is -0.354 e. The van der Waals surface area contributed by atoms with Crippen LogP contribution >= 0.6 is 0 Å². The van der Waals surface area contributed by atoms with Gasteiger partial charge < -0.3 is 9.88 Å². The largest absolute Gasteiger partial charge is 0.354 e. The number of nitriles is 1. The van der Waals surface area contributed by atoms with Gasteiger partial charge in [0.1, 0.15) is 12.0 Å². The quantitative estimate of drug-likeness (QED) is 0.414. The third-order valence-electron chi connectivity index (χ3n) is 6.44. The minimum atomic E-state index is -3.56. The monoisotopic (exact) mass is 494 g/mol. The number of anilines is 1. The van der Waals surface area contributed by atoms with Crippen molar-refractivity contribution in [2.75, 3.05) is 23.7 Å². The Morgan fingerprint density at radius 1 is 1.31 bits per heavy atom. The van der Waals surface area contributed by atoms with Crippen LogP contribution in [0.3, 0.4) is 0 Å². The summed E-state index contributed by atoms with van der Waals surface area (Å²) in [4.78, 5) is 17.6. The Morgan fingerprint density at radius 3 is 2.97 bits per heavy atom. The number of fused-ring (bicyclic) bond motifs is 1. The lowest BCUT2D eigenvalue weighted by Crippen LogP contribution is -2.26. The van der Waals surface area contributed by atoms with Gasteiger partial charge >= 0.3 is 0 Å². The molecule has 0 saturated carbocycles. The molecule has 5 rings (SSSR count). The Balaban J connectivity index is 1.41. The molecule has 0 radical (unpaired) electrons. The highest BCUT2D eigenvalue weighted by molar-refractivity contribution is 7.91. The fraction of sp³-hybridized carbons (Fsp3) is 0.348. The number of sulfone groups is 1. The summed E-state index contributed by atoms with van der Waals surface area (Å²) < 4.78 is 40.9. The number of nitrogens with one attached hydrogen (secondary N) is 1. The molecule has 0 aliphatic carbocycles. The first-order valence-corrected chi connectivity index (χ1v) is 12.9. The molecule has 4 aromatic rings. The van der Waals surface area contributed by atoms with E-state index in [-0.39, 0.29) is 35.0 Å². The van der Waals surface area contributed by atoms with E-state index in [0.29, 0.717) is 19.5 Å². The molecule has 1 aliphatic rings. The number of hydrogen-bond acceptors (Lipinski definition) is 8. The normalized spacial score (nSPS) is 17.1. The molecule has 1 fully saturated rings. The lowest BCUT2D eigenvalue weighted by atomic mass is 9.96. The maximum Gasteiger partial charge on any atom is 0.195 e. The van der Waals surface area contributed by atoms with Gasteiger partial charge in [-0.1, -0.05) is 6.92 Å². The second-order valence-corrected chi connectivity index (χ2v) is 10.7. The van der Waals surface area contributed by atoms with Crippen molar-refractivity contribution in [2.24, 2.45) is 5.92 Å². The Labute approximate surface area is 201 Å². The first kappa shape index (κ1) is 22.9. The standard InChI is InChI=1S/C23H23FN8O2S/c1-2-35(33,34)20-4-3-18(24)23(30-20)31-10-7-15(12-31)19(5-8-25)32-13-16(11-29-32)21-17-6-9-26-22(17)28-14-27-21/h3-4,6,9,11,13-15,19H,2,5,7,10,12H2,1H3,(H,26,27,28). The van der Waals surface area contributed by atoms with Gasteiger partial charge in [0, 0.05) is 42.4 Å². The molecule has 1 aliphatic heterocycles. The molecule has 180 valence electrons. The average molecular weight is 495 g/mol. The van der Waals surface area contributed by atoms with Gasteiger partial charge in [-0.2, -0.15) is 10.4 Å². The number of halogens is 1. The van der Waals surface area contributed by atoms with Crippen molar-refractivity contribution in [3.8, 4) is 17.3 Å². The lowest BCUT2D eigenvalue weighted by molar-refractivity contribution is 0.331. The summed E-state index contributed by atoms with van der Waals surface area (Å²) in [5.41, 5.74) is 2.27. The van der Waals surface area contributed by atoms with E-state index in [1.807, 2.05) is 12.3 Å². The van der Waals surface area contributed by atoms with Crippen LogP contribution in [0.15, 0.2) is 48.1 Å². The Hall–Kier alpha value is -3.85. The fourth-order valence-corrected chi connectivity index (χ4v) is 5.36. The number of H-pyrrole nitrogens is 1. The van der Waals surface area contributed by atoms with Crippen molar-refractivity contribution in [3.63, 3.8) is 0 Å². The van der Waals surface area contributed by atoms with Crippen LogP contribution in [0.1, 0.15) is 25.8 Å². The van der Waals surface area contributed by atoms with Crippen LogP contribution in [0.5, 0.6) is 0 Å². The van der Waals surface area contributed by atoms with Gasteiger partial charge in [-0.25, -0.2) is 27.8 Å². The summed E-state index contributed by atoms with van der Waals surface area (Å²) in [6.45, 7) is 2.45. The van der Waals surface area contributed by atoms with Crippen LogP contribution in [0.25, 0.3) is 22.3 Å². The molecule has 12 heteroatoms. The van der Waals surface area contributed by atoms with Crippen molar-refractivity contribution in [1.29, 1.82) is 5.26 Å². The average Bonchev–Trinajstić information content (AvgIpc) is 3.63. The van der Waals surface area contributed by atoms with E-state index in [1.54, 1.807) is 22.0 Å². The number of nitrogens with zero attached hydrogens (tertiary/aromatic N) is 7. The molecule has 5 heterocycles. The Kier molecular flexibility index (Phi) is 5.94. The molecule has 35 heavy (non-hydrogen) atoms. The van der Waals surface area contributed by atoms with Crippen LogP contribution in [0, 0.1) is 23.1 Å². The van der Waals surface area contributed by atoms with E-state index >= 15 is 0 Å². The van der Waals surface area contributed by atoms with Gasteiger partial charge in [-0.3, -0.25) is 4.68 Å². The second kappa shape index (κ2) is 9.07. The SMILES string of the molecule is CCS(=O)(=O)c1ccc(F)c(N2CCC(C(CC#N)n3cc(-c4ncnc5[nH]ccc45)cn3)C2)n1. The van der Waals surface area contributed by atoms with Crippen molar-refractivity contribution >= 4 is 26.7 Å². The molecule has 1 saturated heterocycles. The second-order valence-electron chi connectivity index (χ2n) is 8.45. The van der Waals surface area contributed by atoms with E-state index in [1.165, 1.54) is 19.3 Å². The van der Waals surface area contributed by atoms with Crippen molar-refractivity contribution in [3.05, 3.63) is 48.9 Å². The number of hydrogen-bond donors (Lipinski definition) is 1. The van der Waals surface area contributed by atoms with Crippen LogP contribution in [0.4, 0.5) is 10.2 Å². The van der Waals surface area contributed by atoms with Crippen LogP contribution in [-0.4, -0.2) is 57.0 Å². The van der Waals surface area contributed by atoms with Crippen LogP contribution in [0.2, 0.25) is 0 Å². The summed E-state index contributed by atoms with van der Waals surface area (Å²) in [6, 6.07) is 6.24. The van der Waals surface area contributed by atoms with E-state index in [0.717, 1.165) is 28.4 Å². The summed E-state index contributed by atoms with van der Waals surface area (Å²) in [5.74, 6) is -0.665. The van der Waals surface area contributed by atoms with Gasteiger partial charge in [-0.15, -0.1) is 0 Å². The first-order valence-electron chi connectivity index (χ1n) is 11.2.